The fourth-order valence-electron chi connectivity index (χ4n) is 4.50. The van der Waals surface area contributed by atoms with Crippen molar-refractivity contribution in [2.45, 2.75) is 72.1 Å². The third-order valence-electron chi connectivity index (χ3n) is 5.88. The predicted octanol–water partition coefficient (Wildman–Crippen LogP) is 3.75. The van der Waals surface area contributed by atoms with Crippen molar-refractivity contribution in [3.8, 4) is 0 Å². The smallest absolute Gasteiger partial charge is 0.222 e. The Bertz CT molecular complexity index is 632. The molecule has 1 aromatic rings. The first-order chi connectivity index (χ1) is 12.5. The standard InChI is InChI=1S/C21H34N4O/c1-4-6-12-25-16-21(11-9-20(25)26)10-7-13-24(15-21)19-14-17(3)22-18(23-19)8-5-2/h14H,4-13,15-16H2,1-3H3/t21-/m1/s1. The van der Waals surface area contributed by atoms with Crippen LogP contribution < -0.4 is 4.90 Å². The minimum Gasteiger partial charge on any atom is -0.356 e. The van der Waals surface area contributed by atoms with E-state index in [0.29, 0.717) is 12.3 Å². The maximum Gasteiger partial charge on any atom is 0.222 e. The molecule has 2 saturated heterocycles. The second kappa shape index (κ2) is 8.36. The lowest BCUT2D eigenvalue weighted by Gasteiger charge is -2.48. The number of hydrogen-bond acceptors (Lipinski definition) is 4. The van der Waals surface area contributed by atoms with E-state index in [9.17, 15) is 4.79 Å². The SMILES string of the molecule is CCCCN1C[C@]2(CCCN(c3cc(C)nc(CCC)n3)C2)CCC1=O. The number of carbonyl (C=O) groups is 1. The van der Waals surface area contributed by atoms with Gasteiger partial charge in [0.05, 0.1) is 0 Å². The summed E-state index contributed by atoms with van der Waals surface area (Å²) in [6, 6.07) is 2.13. The van der Waals surface area contributed by atoms with Gasteiger partial charge in [-0.25, -0.2) is 9.97 Å². The molecule has 5 heteroatoms. The largest absolute Gasteiger partial charge is 0.356 e. The average molecular weight is 359 g/mol. The van der Waals surface area contributed by atoms with Gasteiger partial charge in [0.15, 0.2) is 0 Å². The number of carbonyl (C=O) groups excluding carboxylic acids is 1. The number of likely N-dealkylation sites (tertiary alicyclic amines) is 1. The van der Waals surface area contributed by atoms with Crippen molar-refractivity contribution in [2.24, 2.45) is 5.41 Å². The molecule has 0 bridgehead atoms. The molecule has 3 rings (SSSR count). The van der Waals surface area contributed by atoms with Crippen molar-refractivity contribution in [1.82, 2.24) is 14.9 Å². The number of nitrogens with zero attached hydrogens (tertiary/aromatic N) is 4. The summed E-state index contributed by atoms with van der Waals surface area (Å²) < 4.78 is 0. The monoisotopic (exact) mass is 358 g/mol. The molecule has 5 nitrogen and oxygen atoms in total. The number of unbranched alkanes of at least 4 members (excludes halogenated alkanes) is 1. The van der Waals surface area contributed by atoms with Crippen LogP contribution in [0.2, 0.25) is 0 Å². The van der Waals surface area contributed by atoms with Crippen molar-refractivity contribution in [2.75, 3.05) is 31.1 Å². The Labute approximate surface area is 158 Å². The number of rotatable bonds is 6. The summed E-state index contributed by atoms with van der Waals surface area (Å²) in [7, 11) is 0. The first-order valence-electron chi connectivity index (χ1n) is 10.4. The fourth-order valence-corrected chi connectivity index (χ4v) is 4.50. The summed E-state index contributed by atoms with van der Waals surface area (Å²) in [4.78, 5) is 26.3. The molecule has 2 fully saturated rings. The van der Waals surface area contributed by atoms with Crippen molar-refractivity contribution in [3.05, 3.63) is 17.6 Å². The van der Waals surface area contributed by atoms with Gasteiger partial charge in [-0.1, -0.05) is 20.3 Å². The third kappa shape index (κ3) is 4.36. The molecule has 144 valence electrons. The highest BCUT2D eigenvalue weighted by Crippen LogP contribution is 2.40. The highest BCUT2D eigenvalue weighted by atomic mass is 16.2. The first-order valence-corrected chi connectivity index (χ1v) is 10.4. The van der Waals surface area contributed by atoms with Gasteiger partial charge in [-0.3, -0.25) is 4.79 Å². The van der Waals surface area contributed by atoms with Gasteiger partial charge in [0.1, 0.15) is 11.6 Å². The molecule has 3 heterocycles. The second-order valence-electron chi connectivity index (χ2n) is 8.23. The molecule has 1 amide bonds. The Morgan fingerprint density at radius 3 is 2.77 bits per heavy atom. The zero-order chi connectivity index (χ0) is 18.6. The van der Waals surface area contributed by atoms with Crippen LogP contribution in [0.5, 0.6) is 0 Å². The van der Waals surface area contributed by atoms with E-state index < -0.39 is 0 Å². The maximum absolute atomic E-state index is 12.3. The minimum absolute atomic E-state index is 0.240. The van der Waals surface area contributed by atoms with Gasteiger partial charge in [-0.2, -0.15) is 0 Å². The van der Waals surface area contributed by atoms with Gasteiger partial charge in [0.2, 0.25) is 5.91 Å². The van der Waals surface area contributed by atoms with Crippen LogP contribution in [0.4, 0.5) is 5.82 Å². The van der Waals surface area contributed by atoms with Gasteiger partial charge in [0.25, 0.3) is 0 Å². The van der Waals surface area contributed by atoms with Crippen molar-refractivity contribution >= 4 is 11.7 Å². The zero-order valence-corrected chi connectivity index (χ0v) is 16.8. The Morgan fingerprint density at radius 2 is 2.00 bits per heavy atom. The second-order valence-corrected chi connectivity index (χ2v) is 8.23. The van der Waals surface area contributed by atoms with Crippen LogP contribution in [-0.4, -0.2) is 47.0 Å². The lowest BCUT2D eigenvalue weighted by Crippen LogP contribution is -2.54. The highest BCUT2D eigenvalue weighted by molar-refractivity contribution is 5.77. The fraction of sp³-hybridized carbons (Fsp3) is 0.762. The molecule has 0 saturated carbocycles. The topological polar surface area (TPSA) is 49.3 Å². The van der Waals surface area contributed by atoms with Crippen LogP contribution in [0.25, 0.3) is 0 Å². The number of amides is 1. The number of aryl methyl sites for hydroxylation is 2. The van der Waals surface area contributed by atoms with E-state index in [4.69, 9.17) is 4.98 Å². The summed E-state index contributed by atoms with van der Waals surface area (Å²) in [5, 5.41) is 0. The molecule has 0 radical (unpaired) electrons. The number of anilines is 1. The molecular weight excluding hydrogens is 324 g/mol. The van der Waals surface area contributed by atoms with Crippen molar-refractivity contribution in [3.63, 3.8) is 0 Å². The van der Waals surface area contributed by atoms with Crippen molar-refractivity contribution in [1.29, 1.82) is 0 Å². The van der Waals surface area contributed by atoms with Gasteiger partial charge in [-0.15, -0.1) is 0 Å². The molecule has 2 aliphatic rings. The lowest BCUT2D eigenvalue weighted by atomic mass is 9.73. The van der Waals surface area contributed by atoms with Crippen LogP contribution >= 0.6 is 0 Å². The van der Waals surface area contributed by atoms with Crippen LogP contribution in [-0.2, 0) is 11.2 Å². The molecule has 0 aliphatic carbocycles. The summed E-state index contributed by atoms with van der Waals surface area (Å²) >= 11 is 0. The van der Waals surface area contributed by atoms with E-state index in [1.54, 1.807) is 0 Å². The summed E-state index contributed by atoms with van der Waals surface area (Å²) in [5.74, 6) is 2.40. The minimum atomic E-state index is 0.240. The molecule has 1 aromatic heterocycles. The quantitative estimate of drug-likeness (QED) is 0.777. The Morgan fingerprint density at radius 1 is 1.15 bits per heavy atom. The number of hydrogen-bond donors (Lipinski definition) is 0. The average Bonchev–Trinajstić information content (AvgIpc) is 2.63. The highest BCUT2D eigenvalue weighted by Gasteiger charge is 2.41. The lowest BCUT2D eigenvalue weighted by molar-refractivity contribution is -0.137. The van der Waals surface area contributed by atoms with Crippen LogP contribution in [0.1, 0.15) is 70.3 Å². The van der Waals surface area contributed by atoms with E-state index in [0.717, 1.165) is 75.6 Å². The Hall–Kier alpha value is -1.65. The molecule has 0 aromatic carbocycles. The maximum atomic E-state index is 12.3. The van der Waals surface area contributed by atoms with E-state index in [2.05, 4.69) is 41.6 Å². The molecule has 0 N–H and O–H groups in total. The normalized spacial score (nSPS) is 23.7. The molecular formula is C21H34N4O. The molecule has 1 spiro atoms. The zero-order valence-electron chi connectivity index (χ0n) is 16.8. The van der Waals surface area contributed by atoms with Gasteiger partial charge in [-0.05, 0) is 39.0 Å². The predicted molar refractivity (Wildman–Crippen MR) is 105 cm³/mol. The van der Waals surface area contributed by atoms with Crippen LogP contribution in [0.3, 0.4) is 0 Å². The third-order valence-corrected chi connectivity index (χ3v) is 5.88. The molecule has 26 heavy (non-hydrogen) atoms. The van der Waals surface area contributed by atoms with Gasteiger partial charge >= 0.3 is 0 Å². The van der Waals surface area contributed by atoms with Crippen molar-refractivity contribution < 1.29 is 4.79 Å². The summed E-state index contributed by atoms with van der Waals surface area (Å²) in [6.07, 6.45) is 8.40. The van der Waals surface area contributed by atoms with Gasteiger partial charge < -0.3 is 9.80 Å². The first kappa shape index (κ1) is 19.1. The molecule has 1 atom stereocenters. The van der Waals surface area contributed by atoms with Gasteiger partial charge in [0, 0.05) is 56.2 Å². The summed E-state index contributed by atoms with van der Waals surface area (Å²) in [6.45, 7) is 10.4. The van der Waals surface area contributed by atoms with E-state index in [-0.39, 0.29) is 5.41 Å². The van der Waals surface area contributed by atoms with E-state index in [1.165, 1.54) is 12.8 Å². The number of piperidine rings is 2. The Balaban J connectivity index is 1.75. The number of aromatic nitrogens is 2. The Kier molecular flexibility index (Phi) is 6.15. The van der Waals surface area contributed by atoms with Crippen LogP contribution in [0, 0.1) is 12.3 Å². The van der Waals surface area contributed by atoms with E-state index >= 15 is 0 Å². The summed E-state index contributed by atoms with van der Waals surface area (Å²) in [5.41, 5.74) is 1.30. The van der Waals surface area contributed by atoms with E-state index in [1.807, 2.05) is 0 Å². The molecule has 0 unspecified atom stereocenters. The molecule has 2 aliphatic heterocycles. The van der Waals surface area contributed by atoms with Crippen LogP contribution in [0.15, 0.2) is 6.07 Å².